The molecule has 2 aromatic rings. The molecule has 1 aliphatic carbocycles. The number of fused-ring (bicyclic) bond motifs is 3. The summed E-state index contributed by atoms with van der Waals surface area (Å²) in [7, 11) is -3.87. The second-order valence-electron chi connectivity index (χ2n) is 5.67. The summed E-state index contributed by atoms with van der Waals surface area (Å²) < 4.78 is 34.1. The number of hydrogen-bond acceptors (Lipinski definition) is 3. The van der Waals surface area contributed by atoms with Crippen molar-refractivity contribution < 1.29 is 17.5 Å². The Bertz CT molecular complexity index is 778. The van der Waals surface area contributed by atoms with Crippen molar-refractivity contribution in [3.63, 3.8) is 0 Å². The van der Waals surface area contributed by atoms with Crippen LogP contribution in [0.15, 0.2) is 12.1 Å². The lowest BCUT2D eigenvalue weighted by Crippen LogP contribution is -2.36. The van der Waals surface area contributed by atoms with Crippen molar-refractivity contribution in [2.24, 2.45) is 0 Å². The summed E-state index contributed by atoms with van der Waals surface area (Å²) in [6.07, 6.45) is 5.29. The van der Waals surface area contributed by atoms with Gasteiger partial charge in [0.1, 0.15) is 4.70 Å². The van der Waals surface area contributed by atoms with E-state index in [1.807, 2.05) is 0 Å². The highest BCUT2D eigenvalue weighted by atomic mass is 32.2. The van der Waals surface area contributed by atoms with Crippen LogP contribution in [0.3, 0.4) is 0 Å². The Balaban J connectivity index is 1.94. The minimum absolute atomic E-state index is 0.179. The molecule has 1 aromatic carbocycles. The van der Waals surface area contributed by atoms with Crippen LogP contribution in [0.25, 0.3) is 10.2 Å². The highest BCUT2D eigenvalue weighted by molar-refractivity contribution is 7.85. The van der Waals surface area contributed by atoms with E-state index < -0.39 is 10.1 Å². The molecule has 0 fully saturated rings. The SMILES string of the molecule is Cc1sc2c3c(ccc2[n+]1CCCS(=O)(=O)O)CCCC3. The van der Waals surface area contributed by atoms with Gasteiger partial charge in [-0.25, -0.2) is 0 Å². The van der Waals surface area contributed by atoms with Crippen LogP contribution in [0.2, 0.25) is 0 Å². The smallest absolute Gasteiger partial charge is 0.265 e. The van der Waals surface area contributed by atoms with E-state index in [0.29, 0.717) is 13.0 Å². The molecular formula is C15H20NO3S2+. The predicted molar refractivity (Wildman–Crippen MR) is 84.4 cm³/mol. The molecule has 114 valence electrons. The Hall–Kier alpha value is -0.980. The molecule has 0 bridgehead atoms. The van der Waals surface area contributed by atoms with Gasteiger partial charge in [-0.2, -0.15) is 13.0 Å². The molecule has 0 aliphatic heterocycles. The molecule has 21 heavy (non-hydrogen) atoms. The molecule has 0 spiro atoms. The Kier molecular flexibility index (Phi) is 4.03. The molecule has 1 aliphatic rings. The summed E-state index contributed by atoms with van der Waals surface area (Å²) >= 11 is 1.80. The number of thiazole rings is 1. The number of aromatic nitrogens is 1. The molecule has 6 heteroatoms. The second-order valence-corrected chi connectivity index (χ2v) is 8.45. The molecule has 1 aromatic heterocycles. The zero-order chi connectivity index (χ0) is 15.0. The Morgan fingerprint density at radius 3 is 2.81 bits per heavy atom. The minimum Gasteiger partial charge on any atom is -0.286 e. The topological polar surface area (TPSA) is 58.2 Å². The number of nitrogens with zero attached hydrogens (tertiary/aromatic N) is 1. The van der Waals surface area contributed by atoms with Crippen molar-refractivity contribution >= 4 is 31.7 Å². The van der Waals surface area contributed by atoms with Gasteiger partial charge in [-0.05, 0) is 36.8 Å². The van der Waals surface area contributed by atoms with Crippen LogP contribution in [-0.2, 0) is 29.5 Å². The Morgan fingerprint density at radius 2 is 2.05 bits per heavy atom. The highest BCUT2D eigenvalue weighted by Gasteiger charge is 2.23. The summed E-state index contributed by atoms with van der Waals surface area (Å²) in [5, 5.41) is 1.19. The standard InChI is InChI=1S/C15H19NO3S2/c1-11-16(9-4-10-21(17,18)19)14-8-7-12-5-2-3-6-13(12)15(14)20-11/h7-8H,2-6,9-10H2,1H3/p+1. The van der Waals surface area contributed by atoms with Crippen molar-refractivity contribution in [1.29, 1.82) is 0 Å². The van der Waals surface area contributed by atoms with Gasteiger partial charge < -0.3 is 0 Å². The third-order valence-corrected chi connectivity index (χ3v) is 6.14. The molecule has 0 saturated heterocycles. The fourth-order valence-electron chi connectivity index (χ4n) is 3.16. The summed E-state index contributed by atoms with van der Waals surface area (Å²) in [5.41, 5.74) is 4.16. The molecule has 1 N–H and O–H groups in total. The molecule has 0 radical (unpaired) electrons. The van der Waals surface area contributed by atoms with Crippen LogP contribution in [0, 0.1) is 6.92 Å². The quantitative estimate of drug-likeness (QED) is 0.694. The van der Waals surface area contributed by atoms with E-state index in [2.05, 4.69) is 23.6 Å². The van der Waals surface area contributed by atoms with Gasteiger partial charge in [0.25, 0.3) is 10.1 Å². The van der Waals surface area contributed by atoms with Gasteiger partial charge in [0, 0.05) is 19.4 Å². The first-order valence-electron chi connectivity index (χ1n) is 7.34. The van der Waals surface area contributed by atoms with Gasteiger partial charge in [0.05, 0.1) is 5.75 Å². The maximum atomic E-state index is 10.8. The molecule has 0 unspecified atom stereocenters. The molecular weight excluding hydrogens is 306 g/mol. The monoisotopic (exact) mass is 326 g/mol. The van der Waals surface area contributed by atoms with Crippen LogP contribution in [0.5, 0.6) is 0 Å². The fourth-order valence-corrected chi connectivity index (χ4v) is 4.89. The van der Waals surface area contributed by atoms with Gasteiger partial charge in [-0.15, -0.1) is 0 Å². The number of aryl methyl sites for hydroxylation is 4. The van der Waals surface area contributed by atoms with Gasteiger partial charge in [-0.3, -0.25) is 4.55 Å². The fraction of sp³-hybridized carbons (Fsp3) is 0.533. The van der Waals surface area contributed by atoms with Crippen LogP contribution in [0.4, 0.5) is 0 Å². The maximum Gasteiger partial charge on any atom is 0.265 e. The molecule has 3 rings (SSSR count). The van der Waals surface area contributed by atoms with E-state index >= 15 is 0 Å². The van der Waals surface area contributed by atoms with Crippen molar-refractivity contribution in [2.75, 3.05) is 5.75 Å². The van der Waals surface area contributed by atoms with Gasteiger partial charge in [0.15, 0.2) is 6.54 Å². The van der Waals surface area contributed by atoms with E-state index in [9.17, 15) is 8.42 Å². The third-order valence-electron chi connectivity index (χ3n) is 4.16. The average molecular weight is 326 g/mol. The minimum atomic E-state index is -3.87. The molecule has 0 amide bonds. The zero-order valence-electron chi connectivity index (χ0n) is 12.1. The summed E-state index contributed by atoms with van der Waals surface area (Å²) in [4.78, 5) is 0. The summed E-state index contributed by atoms with van der Waals surface area (Å²) in [6, 6.07) is 4.39. The molecule has 1 heterocycles. The number of hydrogen-bond donors (Lipinski definition) is 1. The van der Waals surface area contributed by atoms with E-state index in [0.717, 1.165) is 6.42 Å². The van der Waals surface area contributed by atoms with Crippen molar-refractivity contribution in [1.82, 2.24) is 0 Å². The lowest BCUT2D eigenvalue weighted by molar-refractivity contribution is -0.672. The van der Waals surface area contributed by atoms with Gasteiger partial charge in [-0.1, -0.05) is 17.4 Å². The second kappa shape index (κ2) is 5.66. The highest BCUT2D eigenvalue weighted by Crippen LogP contribution is 2.31. The lowest BCUT2D eigenvalue weighted by atomic mass is 9.91. The van der Waals surface area contributed by atoms with E-state index in [4.69, 9.17) is 4.55 Å². The first-order valence-corrected chi connectivity index (χ1v) is 9.77. The Labute approximate surface area is 129 Å². The Morgan fingerprint density at radius 1 is 1.29 bits per heavy atom. The normalized spacial score (nSPS) is 15.3. The van der Waals surface area contributed by atoms with Gasteiger partial charge in [0.2, 0.25) is 10.5 Å². The maximum absolute atomic E-state index is 10.8. The van der Waals surface area contributed by atoms with E-state index in [1.54, 1.807) is 11.3 Å². The first-order chi connectivity index (χ1) is 9.96. The molecule has 0 saturated carbocycles. The van der Waals surface area contributed by atoms with Crippen molar-refractivity contribution in [2.45, 2.75) is 45.6 Å². The van der Waals surface area contributed by atoms with E-state index in [-0.39, 0.29) is 5.75 Å². The van der Waals surface area contributed by atoms with Crippen LogP contribution in [0.1, 0.15) is 35.4 Å². The lowest BCUT2D eigenvalue weighted by Gasteiger charge is -2.14. The first kappa shape index (κ1) is 14.9. The zero-order valence-corrected chi connectivity index (χ0v) is 13.8. The average Bonchev–Trinajstić information content (AvgIpc) is 2.74. The summed E-state index contributed by atoms with van der Waals surface area (Å²) in [5.74, 6) is -0.179. The molecule has 0 atom stereocenters. The number of rotatable bonds is 4. The van der Waals surface area contributed by atoms with Crippen LogP contribution < -0.4 is 4.57 Å². The van der Waals surface area contributed by atoms with Crippen molar-refractivity contribution in [3.05, 3.63) is 28.3 Å². The van der Waals surface area contributed by atoms with Crippen LogP contribution >= 0.6 is 11.3 Å². The number of benzene rings is 1. The van der Waals surface area contributed by atoms with Gasteiger partial charge >= 0.3 is 0 Å². The predicted octanol–water partition coefficient (Wildman–Crippen LogP) is 2.65. The third kappa shape index (κ3) is 3.12. The van der Waals surface area contributed by atoms with Crippen LogP contribution in [-0.4, -0.2) is 18.7 Å². The van der Waals surface area contributed by atoms with E-state index in [1.165, 1.54) is 45.6 Å². The van der Waals surface area contributed by atoms with Crippen molar-refractivity contribution in [3.8, 4) is 0 Å². The largest absolute Gasteiger partial charge is 0.286 e. The summed E-state index contributed by atoms with van der Waals surface area (Å²) in [6.45, 7) is 2.71. The molecule has 4 nitrogen and oxygen atoms in total.